The molecule has 21 heavy (non-hydrogen) atoms. The van der Waals surface area contributed by atoms with Gasteiger partial charge in [0.2, 0.25) is 5.91 Å². The molecule has 3 rings (SSSR count). The van der Waals surface area contributed by atoms with E-state index < -0.39 is 11.9 Å². The Balaban J connectivity index is 1.68. The van der Waals surface area contributed by atoms with Gasteiger partial charge in [-0.3, -0.25) is 9.59 Å². The maximum absolute atomic E-state index is 12.8. The molecule has 1 atom stereocenters. The highest BCUT2D eigenvalue weighted by Gasteiger charge is 2.52. The monoisotopic (exact) mass is 287 g/mol. The summed E-state index contributed by atoms with van der Waals surface area (Å²) in [5.74, 6) is -1.01. The normalized spacial score (nSPS) is 23.6. The van der Waals surface area contributed by atoms with Crippen molar-refractivity contribution < 1.29 is 14.7 Å². The second-order valence-corrected chi connectivity index (χ2v) is 6.37. The number of aliphatic carboxylic acids is 1. The molecule has 2 aliphatic rings. The largest absolute Gasteiger partial charge is 0.481 e. The maximum atomic E-state index is 12.8. The molecule has 1 aliphatic heterocycles. The predicted molar refractivity (Wildman–Crippen MR) is 78.8 cm³/mol. The zero-order chi connectivity index (χ0) is 14.9. The Morgan fingerprint density at radius 2 is 1.95 bits per heavy atom. The topological polar surface area (TPSA) is 57.6 Å². The third-order valence-electron chi connectivity index (χ3n) is 4.75. The Kier molecular flexibility index (Phi) is 3.70. The van der Waals surface area contributed by atoms with Crippen molar-refractivity contribution in [3.8, 4) is 0 Å². The average Bonchev–Trinajstić information content (AvgIpc) is 3.28. The van der Waals surface area contributed by atoms with Crippen molar-refractivity contribution >= 4 is 11.9 Å². The van der Waals surface area contributed by atoms with Gasteiger partial charge in [-0.15, -0.1) is 0 Å². The number of carbonyl (C=O) groups is 2. The fraction of sp³-hybridized carbons (Fsp3) is 0.529. The van der Waals surface area contributed by atoms with Crippen molar-refractivity contribution in [2.24, 2.45) is 11.3 Å². The minimum Gasteiger partial charge on any atom is -0.481 e. The number of likely N-dealkylation sites (tertiary alicyclic amines) is 1. The number of carboxylic acid groups (broad SMARTS) is 1. The molecule has 1 N–H and O–H groups in total. The van der Waals surface area contributed by atoms with Crippen LogP contribution in [-0.4, -0.2) is 35.0 Å². The summed E-state index contributed by atoms with van der Waals surface area (Å²) in [5.41, 5.74) is 0.928. The van der Waals surface area contributed by atoms with Gasteiger partial charge in [0, 0.05) is 13.1 Å². The second kappa shape index (κ2) is 5.51. The molecule has 1 saturated heterocycles. The van der Waals surface area contributed by atoms with Crippen molar-refractivity contribution in [3.05, 3.63) is 35.9 Å². The van der Waals surface area contributed by atoms with Gasteiger partial charge in [0.05, 0.1) is 11.3 Å². The minimum absolute atomic E-state index is 0.164. The van der Waals surface area contributed by atoms with Gasteiger partial charge in [-0.2, -0.15) is 0 Å². The van der Waals surface area contributed by atoms with Crippen LogP contribution in [-0.2, 0) is 16.0 Å². The molecule has 4 heteroatoms. The van der Waals surface area contributed by atoms with Crippen LogP contribution in [0.1, 0.15) is 31.2 Å². The summed E-state index contributed by atoms with van der Waals surface area (Å²) in [4.78, 5) is 25.7. The van der Waals surface area contributed by atoms with E-state index in [-0.39, 0.29) is 11.3 Å². The van der Waals surface area contributed by atoms with Crippen LogP contribution in [0, 0.1) is 11.3 Å². The molecular weight excluding hydrogens is 266 g/mol. The van der Waals surface area contributed by atoms with E-state index in [1.807, 2.05) is 18.2 Å². The van der Waals surface area contributed by atoms with E-state index >= 15 is 0 Å². The van der Waals surface area contributed by atoms with Crippen LogP contribution < -0.4 is 0 Å². The Labute approximate surface area is 124 Å². The van der Waals surface area contributed by atoms with Crippen LogP contribution in [0.4, 0.5) is 0 Å². The summed E-state index contributed by atoms with van der Waals surface area (Å²) in [6.07, 6.45) is 4.11. The first-order chi connectivity index (χ1) is 10.1. The van der Waals surface area contributed by atoms with Gasteiger partial charge in [-0.1, -0.05) is 30.3 Å². The molecule has 0 radical (unpaired) electrons. The van der Waals surface area contributed by atoms with Crippen molar-refractivity contribution in [1.29, 1.82) is 0 Å². The van der Waals surface area contributed by atoms with Crippen LogP contribution in [0.5, 0.6) is 0 Å². The first-order valence-corrected chi connectivity index (χ1v) is 7.67. The average molecular weight is 287 g/mol. The lowest BCUT2D eigenvalue weighted by atomic mass is 9.92. The number of hydrogen-bond acceptors (Lipinski definition) is 2. The molecular formula is C17H21NO3. The number of rotatable bonds is 4. The first-order valence-electron chi connectivity index (χ1n) is 7.67. The summed E-state index contributed by atoms with van der Waals surface area (Å²) >= 11 is 0. The Morgan fingerprint density at radius 3 is 2.57 bits per heavy atom. The summed E-state index contributed by atoms with van der Waals surface area (Å²) in [6.45, 7) is 1.09. The molecule has 1 unspecified atom stereocenters. The first kappa shape index (κ1) is 14.1. The third-order valence-corrected chi connectivity index (χ3v) is 4.75. The molecule has 1 heterocycles. The van der Waals surface area contributed by atoms with Gasteiger partial charge in [0.1, 0.15) is 0 Å². The fourth-order valence-electron chi connectivity index (χ4n) is 3.30. The van der Waals surface area contributed by atoms with Gasteiger partial charge in [-0.05, 0) is 37.7 Å². The van der Waals surface area contributed by atoms with E-state index in [1.54, 1.807) is 4.90 Å². The second-order valence-electron chi connectivity index (χ2n) is 6.37. The fourth-order valence-corrected chi connectivity index (χ4v) is 3.30. The Bertz CT molecular complexity index is 536. The summed E-state index contributed by atoms with van der Waals surface area (Å²) < 4.78 is 0. The highest BCUT2D eigenvalue weighted by Crippen LogP contribution is 2.50. The molecule has 4 nitrogen and oxygen atoms in total. The predicted octanol–water partition coefficient (Wildman–Crippen LogP) is 2.33. The molecule has 0 spiro atoms. The van der Waals surface area contributed by atoms with Gasteiger partial charge >= 0.3 is 5.97 Å². The third kappa shape index (κ3) is 2.94. The molecule has 1 aliphatic carbocycles. The van der Waals surface area contributed by atoms with Crippen molar-refractivity contribution in [1.82, 2.24) is 4.90 Å². The number of benzene rings is 1. The van der Waals surface area contributed by atoms with E-state index in [2.05, 4.69) is 12.1 Å². The standard InChI is InChI=1S/C17H21NO3/c19-15(20)14-7-4-10-18(12-14)16(21)17(8-9-17)11-13-5-2-1-3-6-13/h1-3,5-6,14H,4,7-12H2,(H,19,20). The molecule has 1 aromatic carbocycles. The van der Waals surface area contributed by atoms with Crippen LogP contribution >= 0.6 is 0 Å². The Morgan fingerprint density at radius 1 is 1.24 bits per heavy atom. The number of hydrogen-bond donors (Lipinski definition) is 1. The number of carboxylic acids is 1. The van der Waals surface area contributed by atoms with E-state index in [4.69, 9.17) is 5.11 Å². The minimum atomic E-state index is -0.777. The van der Waals surface area contributed by atoms with E-state index in [1.165, 1.54) is 5.56 Å². The van der Waals surface area contributed by atoms with Crippen LogP contribution in [0.15, 0.2) is 30.3 Å². The molecule has 2 fully saturated rings. The molecule has 112 valence electrons. The van der Waals surface area contributed by atoms with E-state index in [0.717, 1.165) is 25.7 Å². The van der Waals surface area contributed by atoms with Gasteiger partial charge in [0.15, 0.2) is 0 Å². The maximum Gasteiger partial charge on any atom is 0.308 e. The van der Waals surface area contributed by atoms with E-state index in [0.29, 0.717) is 19.5 Å². The molecule has 0 aromatic heterocycles. The summed E-state index contributed by atoms with van der Waals surface area (Å²) in [5, 5.41) is 9.15. The number of carbonyl (C=O) groups excluding carboxylic acids is 1. The van der Waals surface area contributed by atoms with E-state index in [9.17, 15) is 9.59 Å². The lowest BCUT2D eigenvalue weighted by Gasteiger charge is -2.33. The van der Waals surface area contributed by atoms with Gasteiger partial charge in [-0.25, -0.2) is 0 Å². The lowest BCUT2D eigenvalue weighted by Crippen LogP contribution is -2.46. The lowest BCUT2D eigenvalue weighted by molar-refractivity contribution is -0.147. The molecule has 1 aromatic rings. The molecule has 1 saturated carbocycles. The van der Waals surface area contributed by atoms with Crippen LogP contribution in [0.2, 0.25) is 0 Å². The van der Waals surface area contributed by atoms with Crippen molar-refractivity contribution in [2.45, 2.75) is 32.1 Å². The number of amides is 1. The highest BCUT2D eigenvalue weighted by molar-refractivity contribution is 5.86. The SMILES string of the molecule is O=C(O)C1CCCN(C(=O)C2(Cc3ccccc3)CC2)C1. The van der Waals surface area contributed by atoms with Gasteiger partial charge < -0.3 is 10.0 Å². The number of nitrogens with zero attached hydrogens (tertiary/aromatic N) is 1. The smallest absolute Gasteiger partial charge is 0.308 e. The van der Waals surface area contributed by atoms with Crippen molar-refractivity contribution in [3.63, 3.8) is 0 Å². The summed E-state index contributed by atoms with van der Waals surface area (Å²) in [6, 6.07) is 10.1. The van der Waals surface area contributed by atoms with Crippen molar-refractivity contribution in [2.75, 3.05) is 13.1 Å². The van der Waals surface area contributed by atoms with Gasteiger partial charge in [0.25, 0.3) is 0 Å². The van der Waals surface area contributed by atoms with Crippen LogP contribution in [0.25, 0.3) is 0 Å². The number of piperidine rings is 1. The quantitative estimate of drug-likeness (QED) is 0.924. The Hall–Kier alpha value is -1.84. The summed E-state index contributed by atoms with van der Waals surface area (Å²) in [7, 11) is 0. The molecule has 1 amide bonds. The zero-order valence-electron chi connectivity index (χ0n) is 12.1. The highest BCUT2D eigenvalue weighted by atomic mass is 16.4. The zero-order valence-corrected chi connectivity index (χ0v) is 12.1. The molecule has 0 bridgehead atoms. The van der Waals surface area contributed by atoms with Crippen LogP contribution in [0.3, 0.4) is 0 Å².